The maximum Gasteiger partial charge on any atom is 0.0560 e. The third-order valence-electron chi connectivity index (χ3n) is 1.69. The summed E-state index contributed by atoms with van der Waals surface area (Å²) in [6, 6.07) is 10.4. The van der Waals surface area contributed by atoms with Crippen LogP contribution < -0.4 is 0 Å². The Labute approximate surface area is 90.9 Å². The van der Waals surface area contributed by atoms with Gasteiger partial charge in [-0.05, 0) is 18.1 Å². The van der Waals surface area contributed by atoms with Gasteiger partial charge in [0.1, 0.15) is 0 Å². The van der Waals surface area contributed by atoms with Crippen molar-refractivity contribution in [3.8, 4) is 0 Å². The highest BCUT2D eigenvalue weighted by molar-refractivity contribution is 7.99. The predicted molar refractivity (Wildman–Crippen MR) is 62.8 cm³/mol. The summed E-state index contributed by atoms with van der Waals surface area (Å²) in [6.07, 6.45) is 0. The van der Waals surface area contributed by atoms with Gasteiger partial charge in [0.05, 0.1) is 6.61 Å². The molecule has 0 saturated heterocycles. The lowest BCUT2D eigenvalue weighted by Gasteiger charge is -2.06. The van der Waals surface area contributed by atoms with Crippen LogP contribution in [0.1, 0.15) is 13.8 Å². The van der Waals surface area contributed by atoms with Crippen molar-refractivity contribution in [1.82, 2.24) is 0 Å². The van der Waals surface area contributed by atoms with Gasteiger partial charge in [0.2, 0.25) is 0 Å². The minimum absolute atomic E-state index is 0.636. The summed E-state index contributed by atoms with van der Waals surface area (Å²) in [6.45, 7) is 6.06. The Balaban J connectivity index is 2.05. The van der Waals surface area contributed by atoms with Crippen LogP contribution in [0.5, 0.6) is 0 Å². The summed E-state index contributed by atoms with van der Waals surface area (Å²) in [5.74, 6) is 1.67. The average molecular weight is 210 g/mol. The van der Waals surface area contributed by atoms with Crippen LogP contribution in [-0.2, 0) is 4.74 Å². The van der Waals surface area contributed by atoms with Crippen LogP contribution in [0.3, 0.4) is 0 Å². The van der Waals surface area contributed by atoms with E-state index in [-0.39, 0.29) is 0 Å². The van der Waals surface area contributed by atoms with Crippen LogP contribution >= 0.6 is 11.8 Å². The fourth-order valence-electron chi connectivity index (χ4n) is 1.05. The summed E-state index contributed by atoms with van der Waals surface area (Å²) < 4.78 is 5.50. The molecular weight excluding hydrogens is 192 g/mol. The van der Waals surface area contributed by atoms with Gasteiger partial charge in [0, 0.05) is 17.3 Å². The predicted octanol–water partition coefficient (Wildman–Crippen LogP) is 3.45. The fraction of sp³-hybridized carbons (Fsp3) is 0.500. The second-order valence-electron chi connectivity index (χ2n) is 3.63. The zero-order valence-corrected chi connectivity index (χ0v) is 9.72. The first-order valence-electron chi connectivity index (χ1n) is 5.04. The molecule has 0 aliphatic carbocycles. The molecule has 0 unspecified atom stereocenters. The third-order valence-corrected chi connectivity index (χ3v) is 2.67. The maximum absolute atomic E-state index is 5.50. The number of hydrogen-bond donors (Lipinski definition) is 0. The van der Waals surface area contributed by atoms with Crippen molar-refractivity contribution in [1.29, 1.82) is 0 Å². The highest BCUT2D eigenvalue weighted by Gasteiger charge is 1.95. The fourth-order valence-corrected chi connectivity index (χ4v) is 1.84. The third kappa shape index (κ3) is 5.30. The molecule has 0 radical (unpaired) electrons. The molecule has 0 saturated carbocycles. The summed E-state index contributed by atoms with van der Waals surface area (Å²) in [7, 11) is 0. The van der Waals surface area contributed by atoms with Crippen molar-refractivity contribution < 1.29 is 4.74 Å². The molecule has 0 aliphatic heterocycles. The quantitative estimate of drug-likeness (QED) is 0.525. The van der Waals surface area contributed by atoms with Gasteiger partial charge in [-0.3, -0.25) is 0 Å². The number of thioether (sulfide) groups is 1. The van der Waals surface area contributed by atoms with Gasteiger partial charge in [0.15, 0.2) is 0 Å². The number of hydrogen-bond acceptors (Lipinski definition) is 2. The molecule has 1 nitrogen and oxygen atoms in total. The molecule has 0 fully saturated rings. The van der Waals surface area contributed by atoms with Crippen molar-refractivity contribution in [3.63, 3.8) is 0 Å². The van der Waals surface area contributed by atoms with Crippen molar-refractivity contribution in [2.75, 3.05) is 19.0 Å². The summed E-state index contributed by atoms with van der Waals surface area (Å²) >= 11 is 1.85. The molecule has 78 valence electrons. The Kier molecular flexibility index (Phi) is 5.72. The summed E-state index contributed by atoms with van der Waals surface area (Å²) in [5, 5.41) is 0. The van der Waals surface area contributed by atoms with E-state index in [1.165, 1.54) is 4.90 Å². The van der Waals surface area contributed by atoms with E-state index < -0.39 is 0 Å². The number of benzene rings is 1. The minimum Gasteiger partial charge on any atom is -0.380 e. The lowest BCUT2D eigenvalue weighted by molar-refractivity contribution is 0.124. The Morgan fingerprint density at radius 2 is 1.93 bits per heavy atom. The van der Waals surface area contributed by atoms with E-state index >= 15 is 0 Å². The minimum atomic E-state index is 0.636. The van der Waals surface area contributed by atoms with Crippen molar-refractivity contribution in [2.45, 2.75) is 18.7 Å². The van der Waals surface area contributed by atoms with E-state index in [9.17, 15) is 0 Å². The van der Waals surface area contributed by atoms with Crippen molar-refractivity contribution in [3.05, 3.63) is 30.3 Å². The second-order valence-corrected chi connectivity index (χ2v) is 4.80. The maximum atomic E-state index is 5.50. The molecule has 2 heteroatoms. The van der Waals surface area contributed by atoms with E-state index in [1.54, 1.807) is 0 Å². The van der Waals surface area contributed by atoms with E-state index in [2.05, 4.69) is 38.1 Å². The monoisotopic (exact) mass is 210 g/mol. The second kappa shape index (κ2) is 6.91. The first-order valence-corrected chi connectivity index (χ1v) is 6.03. The normalized spacial score (nSPS) is 10.8. The highest BCUT2D eigenvalue weighted by atomic mass is 32.2. The van der Waals surface area contributed by atoms with Gasteiger partial charge in [-0.2, -0.15) is 0 Å². The van der Waals surface area contributed by atoms with E-state index in [1.807, 2.05) is 17.8 Å². The van der Waals surface area contributed by atoms with Crippen LogP contribution in [-0.4, -0.2) is 19.0 Å². The molecule has 0 N–H and O–H groups in total. The summed E-state index contributed by atoms with van der Waals surface area (Å²) in [4.78, 5) is 1.32. The molecule has 0 aromatic heterocycles. The van der Waals surface area contributed by atoms with Crippen LogP contribution in [0, 0.1) is 5.92 Å². The van der Waals surface area contributed by atoms with Crippen molar-refractivity contribution in [2.24, 2.45) is 5.92 Å². The topological polar surface area (TPSA) is 9.23 Å². The average Bonchev–Trinajstić information content (AvgIpc) is 2.18. The zero-order valence-electron chi connectivity index (χ0n) is 8.90. The largest absolute Gasteiger partial charge is 0.380 e. The van der Waals surface area contributed by atoms with Gasteiger partial charge in [-0.1, -0.05) is 32.0 Å². The van der Waals surface area contributed by atoms with Crippen LogP contribution in [0.15, 0.2) is 35.2 Å². The van der Waals surface area contributed by atoms with Crippen LogP contribution in [0.4, 0.5) is 0 Å². The lowest BCUT2D eigenvalue weighted by atomic mass is 10.2. The number of ether oxygens (including phenoxy) is 1. The Morgan fingerprint density at radius 1 is 1.21 bits per heavy atom. The zero-order chi connectivity index (χ0) is 10.2. The Morgan fingerprint density at radius 3 is 2.57 bits per heavy atom. The van der Waals surface area contributed by atoms with Gasteiger partial charge in [-0.25, -0.2) is 0 Å². The summed E-state index contributed by atoms with van der Waals surface area (Å²) in [5.41, 5.74) is 0. The first kappa shape index (κ1) is 11.6. The molecule has 1 aromatic carbocycles. The molecular formula is C12H18OS. The van der Waals surface area contributed by atoms with Gasteiger partial charge in [-0.15, -0.1) is 11.8 Å². The molecule has 0 bridgehead atoms. The molecule has 0 atom stereocenters. The first-order chi connectivity index (χ1) is 6.79. The van der Waals surface area contributed by atoms with Gasteiger partial charge < -0.3 is 4.74 Å². The molecule has 1 rings (SSSR count). The molecule has 0 amide bonds. The molecule has 0 spiro atoms. The van der Waals surface area contributed by atoms with E-state index in [0.717, 1.165) is 19.0 Å². The van der Waals surface area contributed by atoms with Crippen molar-refractivity contribution >= 4 is 11.8 Å². The highest BCUT2D eigenvalue weighted by Crippen LogP contribution is 2.16. The Hall–Kier alpha value is -0.470. The molecule has 14 heavy (non-hydrogen) atoms. The van der Waals surface area contributed by atoms with Crippen LogP contribution in [0.2, 0.25) is 0 Å². The van der Waals surface area contributed by atoms with E-state index in [4.69, 9.17) is 4.74 Å². The SMILES string of the molecule is CC(C)COCCSc1ccccc1. The van der Waals surface area contributed by atoms with Gasteiger partial charge in [0.25, 0.3) is 0 Å². The molecule has 0 aliphatic rings. The smallest absolute Gasteiger partial charge is 0.0560 e. The Bertz CT molecular complexity index is 233. The molecule has 1 aromatic rings. The van der Waals surface area contributed by atoms with Crippen LogP contribution in [0.25, 0.3) is 0 Å². The van der Waals surface area contributed by atoms with Gasteiger partial charge >= 0.3 is 0 Å². The lowest BCUT2D eigenvalue weighted by Crippen LogP contribution is -2.04. The van der Waals surface area contributed by atoms with E-state index in [0.29, 0.717) is 5.92 Å². The number of rotatable bonds is 6. The molecule has 0 heterocycles. The standard InChI is InChI=1S/C12H18OS/c1-11(2)10-13-8-9-14-12-6-4-3-5-7-12/h3-7,11H,8-10H2,1-2H3.